The number of aromatic nitrogens is 3. The molecule has 0 aliphatic heterocycles. The summed E-state index contributed by atoms with van der Waals surface area (Å²) in [5, 5.41) is 14.0. The number of rotatable bonds is 3. The van der Waals surface area contributed by atoms with Crippen LogP contribution in [0, 0.1) is 0 Å². The third-order valence-corrected chi connectivity index (χ3v) is 3.60. The summed E-state index contributed by atoms with van der Waals surface area (Å²) < 4.78 is 1.71. The van der Waals surface area contributed by atoms with Gasteiger partial charge in [0.05, 0.1) is 12.1 Å². The third kappa shape index (κ3) is 2.66. The van der Waals surface area contributed by atoms with Gasteiger partial charge in [-0.15, -0.1) is 0 Å². The SMILES string of the molecule is CC(O)C(N)c1nc(C2CCCCC2)nn1C. The minimum atomic E-state index is -0.600. The molecule has 0 radical (unpaired) electrons. The van der Waals surface area contributed by atoms with Gasteiger partial charge in [-0.25, -0.2) is 4.98 Å². The Morgan fingerprint density at radius 3 is 2.59 bits per heavy atom. The summed E-state index contributed by atoms with van der Waals surface area (Å²) in [5.41, 5.74) is 5.91. The lowest BCUT2D eigenvalue weighted by atomic mass is 9.89. The predicted octanol–water partition coefficient (Wildman–Crippen LogP) is 1.24. The van der Waals surface area contributed by atoms with E-state index in [0.29, 0.717) is 11.7 Å². The summed E-state index contributed by atoms with van der Waals surface area (Å²) in [5.74, 6) is 2.06. The maximum absolute atomic E-state index is 9.51. The molecule has 17 heavy (non-hydrogen) atoms. The van der Waals surface area contributed by atoms with Crippen molar-refractivity contribution in [3.63, 3.8) is 0 Å². The van der Waals surface area contributed by atoms with Gasteiger partial charge in [0.25, 0.3) is 0 Å². The third-order valence-electron chi connectivity index (χ3n) is 3.60. The van der Waals surface area contributed by atoms with Crippen molar-refractivity contribution in [2.24, 2.45) is 12.8 Å². The van der Waals surface area contributed by atoms with Crippen molar-refractivity contribution < 1.29 is 5.11 Å². The Morgan fingerprint density at radius 2 is 2.00 bits per heavy atom. The second-order valence-corrected chi connectivity index (χ2v) is 5.05. The van der Waals surface area contributed by atoms with E-state index >= 15 is 0 Å². The molecule has 1 aromatic rings. The van der Waals surface area contributed by atoms with Gasteiger partial charge in [0.15, 0.2) is 5.82 Å². The maximum Gasteiger partial charge on any atom is 0.154 e. The molecule has 1 aliphatic carbocycles. The van der Waals surface area contributed by atoms with Gasteiger partial charge in [0.1, 0.15) is 5.82 Å². The first-order valence-electron chi connectivity index (χ1n) is 6.44. The van der Waals surface area contributed by atoms with E-state index in [2.05, 4.69) is 10.1 Å². The molecule has 5 heteroatoms. The minimum absolute atomic E-state index is 0.454. The number of nitrogens with zero attached hydrogens (tertiary/aromatic N) is 3. The Labute approximate surface area is 102 Å². The molecule has 0 aromatic carbocycles. The highest BCUT2D eigenvalue weighted by molar-refractivity contribution is 5.04. The van der Waals surface area contributed by atoms with Crippen LogP contribution in [0.15, 0.2) is 0 Å². The lowest BCUT2D eigenvalue weighted by Gasteiger charge is -2.18. The fourth-order valence-corrected chi connectivity index (χ4v) is 2.46. The summed E-state index contributed by atoms with van der Waals surface area (Å²) in [6.07, 6.45) is 5.60. The van der Waals surface area contributed by atoms with E-state index < -0.39 is 12.1 Å². The van der Waals surface area contributed by atoms with Crippen molar-refractivity contribution in [1.82, 2.24) is 14.8 Å². The largest absolute Gasteiger partial charge is 0.391 e. The van der Waals surface area contributed by atoms with Gasteiger partial charge in [0, 0.05) is 13.0 Å². The van der Waals surface area contributed by atoms with Crippen molar-refractivity contribution in [2.45, 2.75) is 57.1 Å². The lowest BCUT2D eigenvalue weighted by Crippen LogP contribution is -2.26. The highest BCUT2D eigenvalue weighted by Gasteiger charge is 2.24. The van der Waals surface area contributed by atoms with Crippen LogP contribution in [0.5, 0.6) is 0 Å². The van der Waals surface area contributed by atoms with Crippen LogP contribution < -0.4 is 5.73 Å². The van der Waals surface area contributed by atoms with Crippen molar-refractivity contribution in [2.75, 3.05) is 0 Å². The van der Waals surface area contributed by atoms with E-state index in [1.54, 1.807) is 11.6 Å². The van der Waals surface area contributed by atoms with Crippen LogP contribution in [0.3, 0.4) is 0 Å². The topological polar surface area (TPSA) is 77.0 Å². The normalized spacial score (nSPS) is 21.4. The average molecular weight is 238 g/mol. The molecule has 2 rings (SSSR count). The molecule has 96 valence electrons. The average Bonchev–Trinajstić information content (AvgIpc) is 2.71. The van der Waals surface area contributed by atoms with Gasteiger partial charge >= 0.3 is 0 Å². The fraction of sp³-hybridized carbons (Fsp3) is 0.833. The molecule has 1 saturated carbocycles. The molecular formula is C12H22N4O. The van der Waals surface area contributed by atoms with E-state index in [1.807, 2.05) is 7.05 Å². The van der Waals surface area contributed by atoms with Gasteiger partial charge in [0.2, 0.25) is 0 Å². The van der Waals surface area contributed by atoms with E-state index in [4.69, 9.17) is 5.73 Å². The zero-order valence-corrected chi connectivity index (χ0v) is 10.6. The van der Waals surface area contributed by atoms with Crippen LogP contribution >= 0.6 is 0 Å². The summed E-state index contributed by atoms with van der Waals surface area (Å²) >= 11 is 0. The van der Waals surface area contributed by atoms with E-state index in [-0.39, 0.29) is 0 Å². The fourth-order valence-electron chi connectivity index (χ4n) is 2.46. The van der Waals surface area contributed by atoms with Crippen LogP contribution in [0.2, 0.25) is 0 Å². The molecule has 0 bridgehead atoms. The van der Waals surface area contributed by atoms with Crippen LogP contribution in [-0.4, -0.2) is 26.0 Å². The molecule has 1 fully saturated rings. The molecular weight excluding hydrogens is 216 g/mol. The number of aliphatic hydroxyl groups excluding tert-OH is 1. The van der Waals surface area contributed by atoms with Crippen LogP contribution in [-0.2, 0) is 7.05 Å². The first kappa shape index (κ1) is 12.5. The second-order valence-electron chi connectivity index (χ2n) is 5.05. The van der Waals surface area contributed by atoms with E-state index in [9.17, 15) is 5.11 Å². The Morgan fingerprint density at radius 1 is 1.35 bits per heavy atom. The molecule has 2 atom stereocenters. The first-order valence-corrected chi connectivity index (χ1v) is 6.44. The van der Waals surface area contributed by atoms with Gasteiger partial charge in [-0.1, -0.05) is 19.3 Å². The highest BCUT2D eigenvalue weighted by Crippen LogP contribution is 2.31. The standard InChI is InChI=1S/C12H22N4O/c1-8(17)10(13)12-14-11(15-16(12)2)9-6-4-3-5-7-9/h8-10,17H,3-7,13H2,1-2H3. The van der Waals surface area contributed by atoms with Crippen LogP contribution in [0.4, 0.5) is 0 Å². The Balaban J connectivity index is 2.17. The van der Waals surface area contributed by atoms with Gasteiger partial charge in [-0.05, 0) is 19.8 Å². The molecule has 5 nitrogen and oxygen atoms in total. The predicted molar refractivity (Wildman–Crippen MR) is 65.4 cm³/mol. The summed E-state index contributed by atoms with van der Waals surface area (Å²) in [4.78, 5) is 4.52. The number of aliphatic hydroxyl groups is 1. The molecule has 1 aliphatic rings. The zero-order chi connectivity index (χ0) is 12.4. The number of aryl methyl sites for hydroxylation is 1. The first-order chi connectivity index (χ1) is 8.09. The highest BCUT2D eigenvalue weighted by atomic mass is 16.3. The molecule has 1 aromatic heterocycles. The van der Waals surface area contributed by atoms with Crippen molar-refractivity contribution in [3.8, 4) is 0 Å². The second kappa shape index (κ2) is 5.14. The van der Waals surface area contributed by atoms with Gasteiger partial charge < -0.3 is 10.8 Å². The molecule has 2 unspecified atom stereocenters. The molecule has 1 heterocycles. The Hall–Kier alpha value is -0.940. The van der Waals surface area contributed by atoms with Gasteiger partial charge in [-0.3, -0.25) is 4.68 Å². The smallest absolute Gasteiger partial charge is 0.154 e. The van der Waals surface area contributed by atoms with Crippen molar-refractivity contribution in [3.05, 3.63) is 11.6 Å². The van der Waals surface area contributed by atoms with Crippen molar-refractivity contribution >= 4 is 0 Å². The Bertz CT molecular complexity index is 369. The number of nitrogens with two attached hydrogens (primary N) is 1. The number of hydrogen-bond donors (Lipinski definition) is 2. The van der Waals surface area contributed by atoms with Crippen molar-refractivity contribution in [1.29, 1.82) is 0 Å². The number of hydrogen-bond acceptors (Lipinski definition) is 4. The van der Waals surface area contributed by atoms with Crippen LogP contribution in [0.25, 0.3) is 0 Å². The maximum atomic E-state index is 9.51. The zero-order valence-electron chi connectivity index (χ0n) is 10.6. The van der Waals surface area contributed by atoms with E-state index in [0.717, 1.165) is 5.82 Å². The minimum Gasteiger partial charge on any atom is -0.391 e. The molecule has 0 amide bonds. The van der Waals surface area contributed by atoms with Gasteiger partial charge in [-0.2, -0.15) is 5.10 Å². The quantitative estimate of drug-likeness (QED) is 0.830. The molecule has 0 saturated heterocycles. The lowest BCUT2D eigenvalue weighted by molar-refractivity contribution is 0.158. The monoisotopic (exact) mass is 238 g/mol. The van der Waals surface area contributed by atoms with E-state index in [1.165, 1.54) is 32.1 Å². The summed E-state index contributed by atoms with van der Waals surface area (Å²) in [7, 11) is 1.84. The molecule has 0 spiro atoms. The summed E-state index contributed by atoms with van der Waals surface area (Å²) in [6, 6.07) is -0.454. The Kier molecular flexibility index (Phi) is 3.79. The molecule has 3 N–H and O–H groups in total. The van der Waals surface area contributed by atoms with Crippen LogP contribution in [0.1, 0.15) is 62.6 Å². The summed E-state index contributed by atoms with van der Waals surface area (Å²) in [6.45, 7) is 1.68.